The number of halogens is 6. The Bertz CT molecular complexity index is 1860. The van der Waals surface area contributed by atoms with Gasteiger partial charge in [-0.05, 0) is 41.1 Å². The molecule has 3 aromatic carbocycles. The first-order valence-electron chi connectivity index (χ1n) is 12.8. The average Bonchev–Trinajstić information content (AvgIpc) is 3.44. The first-order chi connectivity index (χ1) is 20.5. The Labute approximate surface area is 258 Å². The zero-order chi connectivity index (χ0) is 30.9. The Morgan fingerprint density at radius 1 is 0.930 bits per heavy atom. The largest absolute Gasteiger partial charge is 0.435 e. The lowest BCUT2D eigenvalue weighted by Gasteiger charge is -2.18. The summed E-state index contributed by atoms with van der Waals surface area (Å²) in [5.41, 5.74) is -1.13. The molecule has 43 heavy (non-hydrogen) atoms. The van der Waals surface area contributed by atoms with Gasteiger partial charge in [0.25, 0.3) is 11.8 Å². The summed E-state index contributed by atoms with van der Waals surface area (Å²) < 4.78 is 41.6. The summed E-state index contributed by atoms with van der Waals surface area (Å²) in [6.45, 7) is 2.08. The molecule has 0 bridgehead atoms. The lowest BCUT2D eigenvalue weighted by Crippen LogP contribution is -2.29. The number of nitrogens with zero attached hydrogens (tertiary/aromatic N) is 3. The van der Waals surface area contributed by atoms with E-state index in [4.69, 9.17) is 34.8 Å². The molecule has 1 unspecified atom stereocenters. The summed E-state index contributed by atoms with van der Waals surface area (Å²) in [5.74, 6) is -1.95. The van der Waals surface area contributed by atoms with Gasteiger partial charge in [0.05, 0.1) is 21.3 Å². The molecule has 2 heterocycles. The minimum absolute atomic E-state index is 0.00128. The zero-order valence-corrected chi connectivity index (χ0v) is 24.5. The van der Waals surface area contributed by atoms with Gasteiger partial charge in [0.2, 0.25) is 0 Å². The average molecular weight is 647 g/mol. The maximum atomic E-state index is 13.7. The van der Waals surface area contributed by atoms with Crippen molar-refractivity contribution in [1.29, 1.82) is 0 Å². The highest BCUT2D eigenvalue weighted by atomic mass is 35.5. The van der Waals surface area contributed by atoms with Crippen LogP contribution in [0.5, 0.6) is 0 Å². The molecular formula is C30H21Cl3F3N5O2. The number of benzene rings is 3. The molecule has 0 fully saturated rings. The number of nitrogens with one attached hydrogen (secondary N) is 2. The maximum absolute atomic E-state index is 13.7. The number of rotatable bonds is 7. The quantitative estimate of drug-likeness (QED) is 0.187. The molecule has 0 spiro atoms. The second-order valence-corrected chi connectivity index (χ2v) is 10.7. The number of anilines is 1. The van der Waals surface area contributed by atoms with Crippen LogP contribution in [0.2, 0.25) is 15.1 Å². The van der Waals surface area contributed by atoms with E-state index in [0.717, 1.165) is 5.56 Å². The maximum Gasteiger partial charge on any atom is 0.435 e. The summed E-state index contributed by atoms with van der Waals surface area (Å²) in [4.78, 5) is 31.1. The number of hydrogen-bond donors (Lipinski definition) is 2. The highest BCUT2D eigenvalue weighted by Crippen LogP contribution is 2.36. The van der Waals surface area contributed by atoms with E-state index in [1.807, 2.05) is 19.1 Å². The first-order valence-corrected chi connectivity index (χ1v) is 13.9. The van der Waals surface area contributed by atoms with Gasteiger partial charge in [0.15, 0.2) is 11.5 Å². The number of alkyl halides is 3. The van der Waals surface area contributed by atoms with Crippen LogP contribution in [-0.2, 0) is 6.18 Å². The van der Waals surface area contributed by atoms with Gasteiger partial charge in [-0.3, -0.25) is 9.59 Å². The SMILES string of the molecule is CC(CNC(=O)c1cc2ccccc2c(Cl)c1NC(=O)c1cc(C(F)(F)F)nn1-c1ncccc1Cl)c1ccccc1Cl. The minimum atomic E-state index is -4.87. The van der Waals surface area contributed by atoms with Crippen LogP contribution in [0.15, 0.2) is 79.0 Å². The molecular weight excluding hydrogens is 626 g/mol. The highest BCUT2D eigenvalue weighted by molar-refractivity contribution is 6.40. The molecule has 7 nitrogen and oxygen atoms in total. The molecule has 0 aliphatic heterocycles. The summed E-state index contributed by atoms with van der Waals surface area (Å²) >= 11 is 19.2. The normalized spacial score (nSPS) is 12.3. The van der Waals surface area contributed by atoms with Crippen LogP contribution in [0.25, 0.3) is 16.6 Å². The van der Waals surface area contributed by atoms with Gasteiger partial charge >= 0.3 is 6.18 Å². The molecule has 5 aromatic rings. The molecule has 5 rings (SSSR count). The highest BCUT2D eigenvalue weighted by Gasteiger charge is 2.37. The van der Waals surface area contributed by atoms with Gasteiger partial charge in [0.1, 0.15) is 5.69 Å². The fourth-order valence-electron chi connectivity index (χ4n) is 4.48. The van der Waals surface area contributed by atoms with Crippen LogP contribution >= 0.6 is 34.8 Å². The third-order valence-electron chi connectivity index (χ3n) is 6.65. The number of carbonyl (C=O) groups excluding carboxylic acids is 2. The Morgan fingerprint density at radius 3 is 2.35 bits per heavy atom. The lowest BCUT2D eigenvalue weighted by molar-refractivity contribution is -0.141. The van der Waals surface area contributed by atoms with Crippen molar-refractivity contribution in [2.75, 3.05) is 11.9 Å². The lowest BCUT2D eigenvalue weighted by atomic mass is 10.0. The Kier molecular flexibility index (Phi) is 8.64. The molecule has 2 amide bonds. The fraction of sp³-hybridized carbons (Fsp3) is 0.133. The summed E-state index contributed by atoms with van der Waals surface area (Å²) in [6, 6.07) is 19.1. The van der Waals surface area contributed by atoms with Crippen LogP contribution < -0.4 is 10.6 Å². The van der Waals surface area contributed by atoms with E-state index >= 15 is 0 Å². The molecule has 0 radical (unpaired) electrons. The van der Waals surface area contributed by atoms with Gasteiger partial charge in [-0.1, -0.05) is 84.2 Å². The smallest absolute Gasteiger partial charge is 0.351 e. The third kappa shape index (κ3) is 6.31. The number of amides is 2. The van der Waals surface area contributed by atoms with Crippen molar-refractivity contribution >= 4 is 63.1 Å². The van der Waals surface area contributed by atoms with Crippen LogP contribution in [-0.4, -0.2) is 33.1 Å². The predicted octanol–water partition coefficient (Wildman–Crippen LogP) is 8.19. The Hall–Kier alpha value is -4.12. The number of pyridine rings is 1. The number of carbonyl (C=O) groups is 2. The van der Waals surface area contributed by atoms with E-state index in [0.29, 0.717) is 26.5 Å². The van der Waals surface area contributed by atoms with E-state index < -0.39 is 29.4 Å². The second kappa shape index (κ2) is 12.2. The molecule has 0 aliphatic carbocycles. The van der Waals surface area contributed by atoms with Crippen molar-refractivity contribution < 1.29 is 22.8 Å². The van der Waals surface area contributed by atoms with Crippen molar-refractivity contribution in [3.05, 3.63) is 117 Å². The molecule has 1 atom stereocenters. The van der Waals surface area contributed by atoms with E-state index in [1.54, 1.807) is 42.5 Å². The van der Waals surface area contributed by atoms with Crippen LogP contribution in [0.1, 0.15) is 44.9 Å². The summed E-state index contributed by atoms with van der Waals surface area (Å²) in [5, 5.41) is 10.6. The number of aromatic nitrogens is 3. The minimum Gasteiger partial charge on any atom is -0.351 e. The van der Waals surface area contributed by atoms with Gasteiger partial charge in [-0.15, -0.1) is 0 Å². The van der Waals surface area contributed by atoms with Crippen molar-refractivity contribution in [3.63, 3.8) is 0 Å². The topological polar surface area (TPSA) is 88.9 Å². The Balaban J connectivity index is 1.53. The molecule has 0 saturated carbocycles. The van der Waals surface area contributed by atoms with Crippen molar-refractivity contribution in [2.45, 2.75) is 19.0 Å². The van der Waals surface area contributed by atoms with Crippen molar-refractivity contribution in [3.8, 4) is 5.82 Å². The predicted molar refractivity (Wildman–Crippen MR) is 160 cm³/mol. The van der Waals surface area contributed by atoms with Crippen molar-refractivity contribution in [2.24, 2.45) is 0 Å². The molecule has 0 aliphatic rings. The van der Waals surface area contributed by atoms with E-state index in [9.17, 15) is 22.8 Å². The van der Waals surface area contributed by atoms with E-state index in [1.165, 1.54) is 18.3 Å². The second-order valence-electron chi connectivity index (χ2n) is 9.55. The van der Waals surface area contributed by atoms with Crippen LogP contribution in [0.4, 0.5) is 18.9 Å². The van der Waals surface area contributed by atoms with Gasteiger partial charge < -0.3 is 10.6 Å². The third-order valence-corrected chi connectivity index (χ3v) is 7.68. The van der Waals surface area contributed by atoms with Crippen LogP contribution in [0, 0.1) is 0 Å². The molecule has 13 heteroatoms. The first kappa shape index (κ1) is 30.3. The summed E-state index contributed by atoms with van der Waals surface area (Å²) in [6.07, 6.45) is -3.57. The monoisotopic (exact) mass is 645 g/mol. The summed E-state index contributed by atoms with van der Waals surface area (Å²) in [7, 11) is 0. The van der Waals surface area contributed by atoms with Gasteiger partial charge in [0, 0.05) is 29.2 Å². The molecule has 2 aromatic heterocycles. The van der Waals surface area contributed by atoms with E-state index in [-0.39, 0.29) is 39.6 Å². The van der Waals surface area contributed by atoms with Crippen molar-refractivity contribution in [1.82, 2.24) is 20.1 Å². The number of hydrogen-bond acceptors (Lipinski definition) is 4. The fourth-order valence-corrected chi connectivity index (χ4v) is 5.33. The molecule has 0 saturated heterocycles. The Morgan fingerprint density at radius 2 is 1.63 bits per heavy atom. The van der Waals surface area contributed by atoms with Gasteiger partial charge in [-0.25, -0.2) is 9.67 Å². The zero-order valence-electron chi connectivity index (χ0n) is 22.2. The molecule has 2 N–H and O–H groups in total. The standard InChI is InChI=1S/C30H21Cl3F3N5O2/c1-16(18-8-4-5-10-21(18)31)15-38-28(42)20-13-17-7-2-3-9-19(17)25(33)26(20)39-29(43)23-14-24(30(34,35)36)40-41(23)27-22(32)11-6-12-37-27/h2-14,16H,15H2,1H3,(H,38,42)(H,39,43). The number of fused-ring (bicyclic) bond motifs is 1. The van der Waals surface area contributed by atoms with Gasteiger partial charge in [-0.2, -0.15) is 18.3 Å². The van der Waals surface area contributed by atoms with E-state index in [2.05, 4.69) is 20.7 Å². The van der Waals surface area contributed by atoms with Crippen LogP contribution in [0.3, 0.4) is 0 Å². The molecule has 220 valence electrons.